The lowest BCUT2D eigenvalue weighted by atomic mass is 10.3. The summed E-state index contributed by atoms with van der Waals surface area (Å²) in [5.41, 5.74) is 1.85. The van der Waals surface area contributed by atoms with Gasteiger partial charge in [0.25, 0.3) is 0 Å². The average molecular weight is 501 g/mol. The predicted molar refractivity (Wildman–Crippen MR) is 131 cm³/mol. The Morgan fingerprint density at radius 1 is 1.03 bits per heavy atom. The number of aromatic nitrogens is 3. The van der Waals surface area contributed by atoms with Crippen molar-refractivity contribution in [2.24, 2.45) is 0 Å². The number of para-hydroxylation sites is 1. The summed E-state index contributed by atoms with van der Waals surface area (Å²) in [7, 11) is 0. The van der Waals surface area contributed by atoms with E-state index in [-0.39, 0.29) is 0 Å². The Labute approximate surface area is 195 Å². The number of thioether (sulfide) groups is 1. The summed E-state index contributed by atoms with van der Waals surface area (Å²) in [6, 6.07) is 12.2. The van der Waals surface area contributed by atoms with Crippen LogP contribution in [0.4, 0.5) is 29.0 Å². The lowest BCUT2D eigenvalue weighted by Gasteiger charge is -2.27. The highest BCUT2D eigenvalue weighted by atomic mass is 79.9. The highest BCUT2D eigenvalue weighted by Gasteiger charge is 2.13. The fourth-order valence-corrected chi connectivity index (χ4v) is 4.34. The van der Waals surface area contributed by atoms with E-state index < -0.39 is 0 Å². The van der Waals surface area contributed by atoms with E-state index in [1.54, 1.807) is 12.4 Å². The van der Waals surface area contributed by atoms with Gasteiger partial charge in [0.05, 0.1) is 35.3 Å². The number of nitrogens with one attached hydrogen (secondary N) is 2. The van der Waals surface area contributed by atoms with Crippen molar-refractivity contribution in [3.8, 4) is 0 Å². The molecule has 0 aliphatic carbocycles. The van der Waals surface area contributed by atoms with Gasteiger partial charge in [-0.25, -0.2) is 9.97 Å². The molecule has 1 aliphatic heterocycles. The van der Waals surface area contributed by atoms with Gasteiger partial charge in [-0.2, -0.15) is 4.98 Å². The van der Waals surface area contributed by atoms with Crippen LogP contribution in [-0.2, 0) is 4.74 Å². The van der Waals surface area contributed by atoms with Gasteiger partial charge in [-0.1, -0.05) is 26.0 Å². The van der Waals surface area contributed by atoms with Gasteiger partial charge in [-0.3, -0.25) is 0 Å². The van der Waals surface area contributed by atoms with Crippen LogP contribution >= 0.6 is 27.7 Å². The molecule has 31 heavy (non-hydrogen) atoms. The summed E-state index contributed by atoms with van der Waals surface area (Å²) in [6.07, 6.45) is 3.54. The monoisotopic (exact) mass is 500 g/mol. The van der Waals surface area contributed by atoms with E-state index >= 15 is 0 Å². The molecule has 0 radical (unpaired) electrons. The summed E-state index contributed by atoms with van der Waals surface area (Å²) >= 11 is 5.37. The third-order valence-corrected chi connectivity index (χ3v) is 6.25. The minimum Gasteiger partial charge on any atom is -0.378 e. The molecule has 0 saturated carbocycles. The Morgan fingerprint density at radius 2 is 1.84 bits per heavy atom. The fraction of sp³-hybridized carbons (Fsp3) is 0.318. The number of hydrogen-bond donors (Lipinski definition) is 2. The average Bonchev–Trinajstić information content (AvgIpc) is 2.78. The van der Waals surface area contributed by atoms with Gasteiger partial charge in [0.15, 0.2) is 0 Å². The molecule has 1 fully saturated rings. The van der Waals surface area contributed by atoms with Crippen LogP contribution in [0.5, 0.6) is 0 Å². The number of benzene rings is 1. The number of nitrogens with zero attached hydrogens (tertiary/aromatic N) is 4. The minimum atomic E-state index is 0.488. The van der Waals surface area contributed by atoms with Crippen molar-refractivity contribution in [3.05, 3.63) is 53.3 Å². The first-order chi connectivity index (χ1) is 15.1. The molecule has 0 spiro atoms. The third kappa shape index (κ3) is 5.87. The molecular formula is C22H25BrN6OS. The molecule has 2 aromatic heterocycles. The summed E-state index contributed by atoms with van der Waals surface area (Å²) in [6.45, 7) is 7.57. The molecule has 0 unspecified atom stereocenters. The van der Waals surface area contributed by atoms with Crippen molar-refractivity contribution in [2.45, 2.75) is 24.0 Å². The number of ether oxygens (including phenoxy) is 1. The minimum absolute atomic E-state index is 0.488. The largest absolute Gasteiger partial charge is 0.378 e. The molecule has 2 N–H and O–H groups in total. The maximum absolute atomic E-state index is 5.40. The molecule has 0 amide bonds. The molecule has 0 bridgehead atoms. The molecule has 9 heteroatoms. The van der Waals surface area contributed by atoms with E-state index in [4.69, 9.17) is 4.74 Å². The Hall–Kier alpha value is -2.36. The molecular weight excluding hydrogens is 476 g/mol. The number of morpholine rings is 1. The molecule has 1 aromatic carbocycles. The number of pyridine rings is 1. The first-order valence-electron chi connectivity index (χ1n) is 10.2. The number of halogens is 1. The van der Waals surface area contributed by atoms with Gasteiger partial charge in [-0.05, 0) is 40.2 Å². The van der Waals surface area contributed by atoms with Crippen LogP contribution in [0.3, 0.4) is 0 Å². The number of rotatable bonds is 7. The van der Waals surface area contributed by atoms with Gasteiger partial charge in [0.1, 0.15) is 11.6 Å². The zero-order chi connectivity index (χ0) is 21.6. The lowest BCUT2D eigenvalue weighted by Crippen LogP contribution is -2.36. The first-order valence-corrected chi connectivity index (χ1v) is 11.9. The second kappa shape index (κ2) is 10.3. The maximum atomic E-state index is 5.40. The Bertz CT molecular complexity index is 1010. The molecule has 7 nitrogen and oxygen atoms in total. The summed E-state index contributed by atoms with van der Waals surface area (Å²) < 4.78 is 6.20. The summed E-state index contributed by atoms with van der Waals surface area (Å²) in [4.78, 5) is 17.0. The predicted octanol–water partition coefficient (Wildman–Crippen LogP) is 5.46. The van der Waals surface area contributed by atoms with Crippen LogP contribution < -0.4 is 15.5 Å². The second-order valence-electron chi connectivity index (χ2n) is 7.31. The van der Waals surface area contributed by atoms with Crippen molar-refractivity contribution in [2.75, 3.05) is 41.8 Å². The van der Waals surface area contributed by atoms with Crippen LogP contribution in [0.1, 0.15) is 13.8 Å². The van der Waals surface area contributed by atoms with Gasteiger partial charge in [0, 0.05) is 29.4 Å². The summed E-state index contributed by atoms with van der Waals surface area (Å²) in [5.74, 6) is 2.15. The van der Waals surface area contributed by atoms with Gasteiger partial charge >= 0.3 is 0 Å². The summed E-state index contributed by atoms with van der Waals surface area (Å²) in [5, 5.41) is 7.16. The SMILES string of the molecule is CC(C)Sc1ccccc1Nc1nc(Nc2ccc(N3CCOCC3)nc2)ncc1Br. The van der Waals surface area contributed by atoms with Crippen LogP contribution in [-0.4, -0.2) is 46.5 Å². The van der Waals surface area contributed by atoms with Crippen molar-refractivity contribution in [1.29, 1.82) is 0 Å². The van der Waals surface area contributed by atoms with Crippen LogP contribution in [0.25, 0.3) is 0 Å². The molecule has 162 valence electrons. The second-order valence-corrected chi connectivity index (χ2v) is 9.78. The topological polar surface area (TPSA) is 75.2 Å². The molecule has 1 saturated heterocycles. The third-order valence-electron chi connectivity index (χ3n) is 4.59. The maximum Gasteiger partial charge on any atom is 0.229 e. The normalized spacial score (nSPS) is 14.0. The standard InChI is InChI=1S/C22H25BrN6OS/c1-15(2)31-19-6-4-3-5-18(19)27-21-17(23)14-25-22(28-21)26-16-7-8-20(24-13-16)29-9-11-30-12-10-29/h3-8,13-15H,9-12H2,1-2H3,(H2,25,26,27,28). The number of hydrogen-bond acceptors (Lipinski definition) is 8. The Morgan fingerprint density at radius 3 is 2.58 bits per heavy atom. The Balaban J connectivity index is 1.48. The van der Waals surface area contributed by atoms with Crippen LogP contribution in [0.15, 0.2) is 58.2 Å². The lowest BCUT2D eigenvalue weighted by molar-refractivity contribution is 0.122. The van der Waals surface area contributed by atoms with E-state index in [9.17, 15) is 0 Å². The first kappa shape index (κ1) is 21.9. The molecule has 3 heterocycles. The molecule has 3 aromatic rings. The molecule has 1 aliphatic rings. The zero-order valence-electron chi connectivity index (χ0n) is 17.5. The number of anilines is 5. The smallest absolute Gasteiger partial charge is 0.229 e. The van der Waals surface area contributed by atoms with E-state index in [2.05, 4.69) is 72.4 Å². The quantitative estimate of drug-likeness (QED) is 0.414. The van der Waals surface area contributed by atoms with E-state index in [0.717, 1.165) is 48.0 Å². The van der Waals surface area contributed by atoms with E-state index in [1.165, 1.54) is 4.90 Å². The zero-order valence-corrected chi connectivity index (χ0v) is 19.9. The van der Waals surface area contributed by atoms with Crippen LogP contribution in [0.2, 0.25) is 0 Å². The van der Waals surface area contributed by atoms with Crippen molar-refractivity contribution >= 4 is 56.7 Å². The van der Waals surface area contributed by atoms with Crippen molar-refractivity contribution < 1.29 is 4.74 Å². The highest BCUT2D eigenvalue weighted by molar-refractivity contribution is 9.10. The van der Waals surface area contributed by atoms with Crippen LogP contribution in [0, 0.1) is 0 Å². The fourth-order valence-electron chi connectivity index (χ4n) is 3.14. The van der Waals surface area contributed by atoms with Gasteiger partial charge < -0.3 is 20.3 Å². The van der Waals surface area contributed by atoms with Gasteiger partial charge in [0.2, 0.25) is 5.95 Å². The molecule has 0 atom stereocenters. The van der Waals surface area contributed by atoms with Crippen molar-refractivity contribution in [1.82, 2.24) is 15.0 Å². The van der Waals surface area contributed by atoms with Gasteiger partial charge in [-0.15, -0.1) is 11.8 Å². The van der Waals surface area contributed by atoms with E-state index in [0.29, 0.717) is 17.0 Å². The molecule has 4 rings (SSSR count). The highest BCUT2D eigenvalue weighted by Crippen LogP contribution is 2.33. The van der Waals surface area contributed by atoms with E-state index in [1.807, 2.05) is 36.0 Å². The van der Waals surface area contributed by atoms with Crippen molar-refractivity contribution in [3.63, 3.8) is 0 Å². The Kier molecular flexibility index (Phi) is 7.26.